The third kappa shape index (κ3) is 7.79. The zero-order valence-electron chi connectivity index (χ0n) is 20.1. The molecule has 1 saturated carbocycles. The number of carbonyl (C=O) groups is 1. The van der Waals surface area contributed by atoms with Crippen LogP contribution in [0.5, 0.6) is 5.75 Å². The fraction of sp³-hybridized carbons (Fsp3) is 0.667. The largest absolute Gasteiger partial charge is 0.492 e. The number of hydrogen-bond acceptors (Lipinski definition) is 4. The van der Waals surface area contributed by atoms with Gasteiger partial charge in [0.05, 0.1) is 6.54 Å². The Morgan fingerprint density at radius 2 is 1.81 bits per heavy atom. The average Bonchev–Trinajstić information content (AvgIpc) is 2.69. The summed E-state index contributed by atoms with van der Waals surface area (Å²) in [5.41, 5.74) is 2.43. The first-order valence-corrected chi connectivity index (χ1v) is 11.6. The van der Waals surface area contributed by atoms with Crippen molar-refractivity contribution in [2.24, 2.45) is 10.9 Å². The van der Waals surface area contributed by atoms with Crippen LogP contribution in [0.25, 0.3) is 0 Å². The van der Waals surface area contributed by atoms with E-state index in [-0.39, 0.29) is 24.0 Å². The number of halogens is 1. The van der Waals surface area contributed by atoms with Gasteiger partial charge in [-0.3, -0.25) is 14.7 Å². The van der Waals surface area contributed by atoms with E-state index in [9.17, 15) is 4.79 Å². The molecule has 3 rings (SSSR count). The van der Waals surface area contributed by atoms with E-state index in [0.29, 0.717) is 18.4 Å². The van der Waals surface area contributed by atoms with Gasteiger partial charge in [-0.15, -0.1) is 24.0 Å². The molecule has 0 aromatic heterocycles. The molecule has 1 aromatic rings. The van der Waals surface area contributed by atoms with Crippen LogP contribution in [-0.2, 0) is 4.79 Å². The minimum Gasteiger partial charge on any atom is -0.492 e. The summed E-state index contributed by atoms with van der Waals surface area (Å²) in [6.07, 6.45) is 3.39. The number of rotatable bonds is 8. The number of guanidine groups is 1. The highest BCUT2D eigenvalue weighted by Gasteiger charge is 2.31. The minimum absolute atomic E-state index is 0. The number of amides is 1. The Balaban J connectivity index is 0.00000363. The van der Waals surface area contributed by atoms with E-state index in [0.717, 1.165) is 70.4 Å². The van der Waals surface area contributed by atoms with Gasteiger partial charge in [0, 0.05) is 59.3 Å². The molecule has 7 nitrogen and oxygen atoms in total. The third-order valence-corrected chi connectivity index (χ3v) is 6.31. The third-order valence-electron chi connectivity index (χ3n) is 6.31. The van der Waals surface area contributed by atoms with Crippen LogP contribution in [0.15, 0.2) is 23.2 Å². The summed E-state index contributed by atoms with van der Waals surface area (Å²) in [6.45, 7) is 11.0. The molecular formula is C24H40IN5O2. The molecule has 180 valence electrons. The van der Waals surface area contributed by atoms with Gasteiger partial charge in [-0.2, -0.15) is 0 Å². The molecule has 0 unspecified atom stereocenters. The predicted octanol–water partition coefficient (Wildman–Crippen LogP) is 2.75. The summed E-state index contributed by atoms with van der Waals surface area (Å²) >= 11 is 0. The van der Waals surface area contributed by atoms with Crippen LogP contribution in [0, 0.1) is 19.8 Å². The second-order valence-corrected chi connectivity index (χ2v) is 8.86. The highest BCUT2D eigenvalue weighted by molar-refractivity contribution is 14.0. The fourth-order valence-corrected chi connectivity index (χ4v) is 4.24. The van der Waals surface area contributed by atoms with E-state index in [4.69, 9.17) is 4.74 Å². The standard InChI is InChI=1S/C24H39N5O2.HI/c1-19-16-20(2)18-22(17-19)31-15-14-27(4)24(25-3)26-8-9-28-10-12-29(13-11-28)23(30)21-6-5-7-21;/h16-18,21H,5-15H2,1-4H3,(H,25,26);1H. The van der Waals surface area contributed by atoms with Crippen LogP contribution in [-0.4, -0.2) is 93.1 Å². The number of aliphatic imine (C=N–C) groups is 1. The number of likely N-dealkylation sites (N-methyl/N-ethyl adjacent to an activating group) is 1. The van der Waals surface area contributed by atoms with Gasteiger partial charge in [-0.25, -0.2) is 0 Å². The van der Waals surface area contributed by atoms with Crippen LogP contribution < -0.4 is 10.1 Å². The Hall–Kier alpha value is -1.55. The number of ether oxygens (including phenoxy) is 1. The molecule has 32 heavy (non-hydrogen) atoms. The van der Waals surface area contributed by atoms with Gasteiger partial charge in [-0.05, 0) is 49.9 Å². The molecule has 0 bridgehead atoms. The van der Waals surface area contributed by atoms with Gasteiger partial charge in [-0.1, -0.05) is 12.5 Å². The number of piperazine rings is 1. The summed E-state index contributed by atoms with van der Waals surface area (Å²) in [5.74, 6) is 2.49. The van der Waals surface area contributed by atoms with E-state index in [1.54, 1.807) is 0 Å². The van der Waals surface area contributed by atoms with Crippen molar-refractivity contribution >= 4 is 35.8 Å². The van der Waals surface area contributed by atoms with Crippen molar-refractivity contribution in [1.29, 1.82) is 0 Å². The van der Waals surface area contributed by atoms with Gasteiger partial charge in [0.1, 0.15) is 12.4 Å². The maximum absolute atomic E-state index is 12.4. The second kappa shape index (κ2) is 13.2. The van der Waals surface area contributed by atoms with Crippen molar-refractivity contribution in [1.82, 2.24) is 20.0 Å². The first-order valence-electron chi connectivity index (χ1n) is 11.6. The molecule has 2 fully saturated rings. The summed E-state index contributed by atoms with van der Waals surface area (Å²) in [6, 6.07) is 6.29. The molecule has 1 N–H and O–H groups in total. The van der Waals surface area contributed by atoms with Crippen molar-refractivity contribution in [2.45, 2.75) is 33.1 Å². The number of benzene rings is 1. The van der Waals surface area contributed by atoms with Gasteiger partial charge in [0.2, 0.25) is 5.91 Å². The molecular weight excluding hydrogens is 517 g/mol. The molecule has 8 heteroatoms. The predicted molar refractivity (Wildman–Crippen MR) is 141 cm³/mol. The smallest absolute Gasteiger partial charge is 0.225 e. The minimum atomic E-state index is 0. The molecule has 1 amide bonds. The normalized spacial score (nSPS) is 17.4. The molecule has 0 spiro atoms. The average molecular weight is 558 g/mol. The topological polar surface area (TPSA) is 60.4 Å². The van der Waals surface area contributed by atoms with Crippen molar-refractivity contribution in [2.75, 3.05) is 66.5 Å². The zero-order chi connectivity index (χ0) is 22.2. The number of hydrogen-bond donors (Lipinski definition) is 1. The summed E-state index contributed by atoms with van der Waals surface area (Å²) in [4.78, 5) is 23.4. The molecule has 1 aliphatic heterocycles. The van der Waals surface area contributed by atoms with E-state index < -0.39 is 0 Å². The number of nitrogens with one attached hydrogen (secondary N) is 1. The van der Waals surface area contributed by atoms with Crippen molar-refractivity contribution < 1.29 is 9.53 Å². The Kier molecular flexibility index (Phi) is 11.0. The Morgan fingerprint density at radius 3 is 2.38 bits per heavy atom. The Morgan fingerprint density at radius 1 is 1.16 bits per heavy atom. The van der Waals surface area contributed by atoms with E-state index in [2.05, 4.69) is 57.1 Å². The van der Waals surface area contributed by atoms with Gasteiger partial charge in [0.25, 0.3) is 0 Å². The van der Waals surface area contributed by atoms with Gasteiger partial charge < -0.3 is 19.9 Å². The lowest BCUT2D eigenvalue weighted by Gasteiger charge is -2.38. The lowest BCUT2D eigenvalue weighted by molar-refractivity contribution is -0.139. The molecule has 1 heterocycles. The number of nitrogens with zero attached hydrogens (tertiary/aromatic N) is 4. The van der Waals surface area contributed by atoms with Crippen LogP contribution in [0.2, 0.25) is 0 Å². The van der Waals surface area contributed by atoms with Gasteiger partial charge in [0.15, 0.2) is 5.96 Å². The first kappa shape index (κ1) is 26.7. The second-order valence-electron chi connectivity index (χ2n) is 8.86. The summed E-state index contributed by atoms with van der Waals surface area (Å²) in [5, 5.41) is 3.45. The van der Waals surface area contributed by atoms with Crippen LogP contribution in [0.1, 0.15) is 30.4 Å². The molecule has 2 aliphatic rings. The lowest BCUT2D eigenvalue weighted by atomic mass is 9.84. The van der Waals surface area contributed by atoms with Crippen LogP contribution in [0.4, 0.5) is 0 Å². The van der Waals surface area contributed by atoms with Crippen molar-refractivity contribution in [3.05, 3.63) is 29.3 Å². The molecule has 1 saturated heterocycles. The summed E-state index contributed by atoms with van der Waals surface area (Å²) < 4.78 is 5.93. The van der Waals surface area contributed by atoms with Crippen molar-refractivity contribution in [3.8, 4) is 5.75 Å². The molecule has 1 aliphatic carbocycles. The number of aryl methyl sites for hydroxylation is 2. The first-order chi connectivity index (χ1) is 15.0. The maximum Gasteiger partial charge on any atom is 0.225 e. The van der Waals surface area contributed by atoms with E-state index in [1.807, 2.05) is 14.1 Å². The highest BCUT2D eigenvalue weighted by atomic mass is 127. The Bertz CT molecular complexity index is 741. The maximum atomic E-state index is 12.4. The van der Waals surface area contributed by atoms with Crippen LogP contribution in [0.3, 0.4) is 0 Å². The van der Waals surface area contributed by atoms with Gasteiger partial charge >= 0.3 is 0 Å². The number of carbonyl (C=O) groups excluding carboxylic acids is 1. The quantitative estimate of drug-likeness (QED) is 0.303. The Labute approximate surface area is 210 Å². The van der Waals surface area contributed by atoms with Crippen LogP contribution >= 0.6 is 24.0 Å². The SMILES string of the molecule is CN=C(NCCN1CCN(C(=O)C2CCC2)CC1)N(C)CCOc1cc(C)cc(C)c1.I. The molecule has 0 atom stereocenters. The lowest BCUT2D eigenvalue weighted by Crippen LogP contribution is -2.52. The fourth-order valence-electron chi connectivity index (χ4n) is 4.24. The zero-order valence-corrected chi connectivity index (χ0v) is 22.4. The molecule has 1 aromatic carbocycles. The summed E-state index contributed by atoms with van der Waals surface area (Å²) in [7, 11) is 3.85. The van der Waals surface area contributed by atoms with E-state index >= 15 is 0 Å². The van der Waals surface area contributed by atoms with E-state index in [1.165, 1.54) is 17.5 Å². The van der Waals surface area contributed by atoms with Crippen molar-refractivity contribution in [3.63, 3.8) is 0 Å². The molecule has 0 radical (unpaired) electrons. The highest BCUT2D eigenvalue weighted by Crippen LogP contribution is 2.28. The monoisotopic (exact) mass is 557 g/mol.